The Morgan fingerprint density at radius 2 is 1.65 bits per heavy atom. The Kier molecular flexibility index (Phi) is 5.93. The molecule has 0 fully saturated rings. The summed E-state index contributed by atoms with van der Waals surface area (Å²) < 4.78 is 5.60. The van der Waals surface area contributed by atoms with Crippen LogP contribution in [-0.2, 0) is 8.67 Å². The maximum atomic E-state index is 5.60. The molecule has 0 aromatic heterocycles. The van der Waals surface area contributed by atoms with Crippen molar-refractivity contribution in [1.82, 2.24) is 0 Å². The zero-order valence-corrected chi connectivity index (χ0v) is 13.5. The van der Waals surface area contributed by atoms with E-state index in [1.54, 1.807) is 0 Å². The Balaban J connectivity index is 2.94. The van der Waals surface area contributed by atoms with Gasteiger partial charge in [0.15, 0.2) is 0 Å². The van der Waals surface area contributed by atoms with Gasteiger partial charge in [-0.15, -0.1) is 0 Å². The molecule has 1 aromatic carbocycles. The highest BCUT2D eigenvalue weighted by molar-refractivity contribution is 14.1. The fraction of sp³-hybridized carbons (Fsp3) is 0.600. The minimum atomic E-state index is -0.160. The van der Waals surface area contributed by atoms with Crippen molar-refractivity contribution in [2.24, 2.45) is 0 Å². The molecule has 0 amide bonds. The highest BCUT2D eigenvalue weighted by Gasteiger charge is 2.24. The lowest BCUT2D eigenvalue weighted by Crippen LogP contribution is -2.20. The third kappa shape index (κ3) is 3.44. The van der Waals surface area contributed by atoms with Crippen LogP contribution in [0.15, 0.2) is 24.3 Å². The second-order valence-electron chi connectivity index (χ2n) is 4.80. The van der Waals surface area contributed by atoms with Crippen LogP contribution in [0.2, 0.25) is 0 Å². The van der Waals surface area contributed by atoms with E-state index in [1.165, 1.54) is 24.0 Å². The lowest BCUT2D eigenvalue weighted by molar-refractivity contribution is 0.144. The van der Waals surface area contributed by atoms with Crippen LogP contribution in [0.1, 0.15) is 64.0 Å². The molecule has 96 valence electrons. The van der Waals surface area contributed by atoms with Gasteiger partial charge < -0.3 is 3.07 Å². The van der Waals surface area contributed by atoms with Gasteiger partial charge in [-0.3, -0.25) is 0 Å². The van der Waals surface area contributed by atoms with Gasteiger partial charge in [-0.1, -0.05) is 45.0 Å². The summed E-state index contributed by atoms with van der Waals surface area (Å²) in [6.45, 7) is 8.82. The largest absolute Gasteiger partial charge is 0.305 e. The minimum Gasteiger partial charge on any atom is -0.305 e. The quantitative estimate of drug-likeness (QED) is 0.611. The molecule has 1 aromatic rings. The van der Waals surface area contributed by atoms with Crippen molar-refractivity contribution in [1.29, 1.82) is 0 Å². The van der Waals surface area contributed by atoms with Gasteiger partial charge in [-0.05, 0) is 43.2 Å². The molecule has 0 N–H and O–H groups in total. The van der Waals surface area contributed by atoms with E-state index >= 15 is 0 Å². The molecule has 1 unspecified atom stereocenters. The van der Waals surface area contributed by atoms with Crippen molar-refractivity contribution in [3.05, 3.63) is 35.4 Å². The van der Waals surface area contributed by atoms with Gasteiger partial charge in [0.05, 0.1) is 0 Å². The molecule has 1 nitrogen and oxygen atoms in total. The topological polar surface area (TPSA) is 9.23 Å². The molecular formula is C15H23IO. The van der Waals surface area contributed by atoms with Crippen LogP contribution < -0.4 is 0 Å². The lowest BCUT2D eigenvalue weighted by Gasteiger charge is -2.26. The average molecular weight is 346 g/mol. The fourth-order valence-corrected chi connectivity index (χ4v) is 2.74. The van der Waals surface area contributed by atoms with E-state index in [0.29, 0.717) is 5.92 Å². The van der Waals surface area contributed by atoms with E-state index in [4.69, 9.17) is 3.07 Å². The first kappa shape index (κ1) is 15.0. The van der Waals surface area contributed by atoms with Crippen molar-refractivity contribution in [3.63, 3.8) is 0 Å². The molecule has 1 atom stereocenters. The molecule has 0 heterocycles. The predicted molar refractivity (Wildman–Crippen MR) is 82.5 cm³/mol. The van der Waals surface area contributed by atoms with Crippen molar-refractivity contribution >= 4 is 23.0 Å². The van der Waals surface area contributed by atoms with Crippen LogP contribution in [0.5, 0.6) is 0 Å². The van der Waals surface area contributed by atoms with Crippen molar-refractivity contribution in [3.8, 4) is 0 Å². The fourth-order valence-electron chi connectivity index (χ4n) is 2.17. The molecular weight excluding hydrogens is 323 g/mol. The summed E-state index contributed by atoms with van der Waals surface area (Å²) in [6.07, 6.45) is 3.41. The first-order valence-electron chi connectivity index (χ1n) is 6.51. The SMILES string of the molecule is CCC(CC)c1ccc(C(C)(CC)OI)cc1. The highest BCUT2D eigenvalue weighted by Crippen LogP contribution is 2.32. The molecule has 0 aliphatic carbocycles. The van der Waals surface area contributed by atoms with Gasteiger partial charge in [0.2, 0.25) is 0 Å². The van der Waals surface area contributed by atoms with E-state index in [2.05, 4.69) is 52.0 Å². The molecule has 0 aliphatic rings. The van der Waals surface area contributed by atoms with Gasteiger partial charge in [0.1, 0.15) is 28.6 Å². The molecule has 0 radical (unpaired) electrons. The number of rotatable bonds is 6. The monoisotopic (exact) mass is 346 g/mol. The van der Waals surface area contributed by atoms with Crippen LogP contribution in [0.25, 0.3) is 0 Å². The Bertz CT molecular complexity index is 323. The van der Waals surface area contributed by atoms with Gasteiger partial charge in [0.25, 0.3) is 0 Å². The number of hydrogen-bond donors (Lipinski definition) is 0. The smallest absolute Gasteiger partial charge is 0.110 e. The van der Waals surface area contributed by atoms with E-state index in [0.717, 1.165) is 6.42 Å². The van der Waals surface area contributed by atoms with Gasteiger partial charge in [-0.2, -0.15) is 0 Å². The zero-order chi connectivity index (χ0) is 12.9. The van der Waals surface area contributed by atoms with E-state index in [9.17, 15) is 0 Å². The summed E-state index contributed by atoms with van der Waals surface area (Å²) in [4.78, 5) is 0. The van der Waals surface area contributed by atoms with Crippen molar-refractivity contribution < 1.29 is 3.07 Å². The highest BCUT2D eigenvalue weighted by atomic mass is 127. The summed E-state index contributed by atoms with van der Waals surface area (Å²) >= 11 is 2.01. The summed E-state index contributed by atoms with van der Waals surface area (Å²) in [7, 11) is 0. The standard InChI is InChI=1S/C15H23IO/c1-5-12(6-2)13-8-10-14(11-9-13)15(4,7-3)17-16/h8-12H,5-7H2,1-4H3. The Labute approximate surface area is 120 Å². The first-order chi connectivity index (χ1) is 8.11. The third-order valence-electron chi connectivity index (χ3n) is 3.82. The van der Waals surface area contributed by atoms with Crippen LogP contribution in [0.4, 0.5) is 0 Å². The first-order valence-corrected chi connectivity index (χ1v) is 7.39. The summed E-state index contributed by atoms with van der Waals surface area (Å²) in [5, 5.41) is 0. The minimum absolute atomic E-state index is 0.160. The van der Waals surface area contributed by atoms with Gasteiger partial charge >= 0.3 is 0 Å². The van der Waals surface area contributed by atoms with Crippen LogP contribution >= 0.6 is 23.0 Å². The average Bonchev–Trinajstić information content (AvgIpc) is 2.40. The molecule has 0 bridgehead atoms. The van der Waals surface area contributed by atoms with Crippen LogP contribution in [0.3, 0.4) is 0 Å². The Morgan fingerprint density at radius 3 is 2.00 bits per heavy atom. The predicted octanol–water partition coefficient (Wildman–Crippen LogP) is 5.58. The molecule has 0 saturated carbocycles. The molecule has 17 heavy (non-hydrogen) atoms. The zero-order valence-electron chi connectivity index (χ0n) is 11.3. The van der Waals surface area contributed by atoms with E-state index < -0.39 is 0 Å². The van der Waals surface area contributed by atoms with Crippen LogP contribution in [0, 0.1) is 0 Å². The molecule has 0 aliphatic heterocycles. The Morgan fingerprint density at radius 1 is 1.12 bits per heavy atom. The lowest BCUT2D eigenvalue weighted by atomic mass is 9.89. The molecule has 0 spiro atoms. The molecule has 1 rings (SSSR count). The number of hydrogen-bond acceptors (Lipinski definition) is 1. The summed E-state index contributed by atoms with van der Waals surface area (Å²) in [5.41, 5.74) is 2.56. The van der Waals surface area contributed by atoms with E-state index in [-0.39, 0.29) is 5.60 Å². The van der Waals surface area contributed by atoms with E-state index in [1.807, 2.05) is 23.0 Å². The number of benzene rings is 1. The normalized spacial score (nSPS) is 14.9. The summed E-state index contributed by atoms with van der Waals surface area (Å²) in [5.74, 6) is 0.692. The second-order valence-corrected chi connectivity index (χ2v) is 5.24. The Hall–Kier alpha value is -0.0900. The van der Waals surface area contributed by atoms with Crippen LogP contribution in [-0.4, -0.2) is 0 Å². The van der Waals surface area contributed by atoms with Gasteiger partial charge in [0, 0.05) is 0 Å². The molecule has 2 heteroatoms. The third-order valence-corrected chi connectivity index (χ3v) is 4.80. The second kappa shape index (κ2) is 6.74. The van der Waals surface area contributed by atoms with Crippen molar-refractivity contribution in [2.75, 3.05) is 0 Å². The number of halogens is 1. The van der Waals surface area contributed by atoms with Gasteiger partial charge in [-0.25, -0.2) is 0 Å². The maximum absolute atomic E-state index is 5.60. The maximum Gasteiger partial charge on any atom is 0.110 e. The summed E-state index contributed by atoms with van der Waals surface area (Å²) in [6, 6.07) is 8.96. The molecule has 0 saturated heterocycles. The van der Waals surface area contributed by atoms with Crippen molar-refractivity contribution in [2.45, 2.75) is 58.5 Å².